The lowest BCUT2D eigenvalue weighted by molar-refractivity contribution is -0.125. The molecule has 2 amide bonds. The van der Waals surface area contributed by atoms with Crippen molar-refractivity contribution < 1.29 is 19.5 Å². The molecular formula is C21H33N5O4. The minimum absolute atomic E-state index is 0.0258. The van der Waals surface area contributed by atoms with E-state index in [1.54, 1.807) is 0 Å². The number of nitrogens with zero attached hydrogens (tertiary/aromatic N) is 1. The van der Waals surface area contributed by atoms with Gasteiger partial charge in [0.25, 0.3) is 0 Å². The van der Waals surface area contributed by atoms with E-state index in [1.807, 2.05) is 13.8 Å². The molecule has 0 aromatic carbocycles. The zero-order valence-electron chi connectivity index (χ0n) is 17.7. The number of amides is 2. The summed E-state index contributed by atoms with van der Waals surface area (Å²) < 4.78 is 0. The van der Waals surface area contributed by atoms with Gasteiger partial charge in [-0.15, -0.1) is 0 Å². The summed E-state index contributed by atoms with van der Waals surface area (Å²) in [5.74, 6) is -1.40. The highest BCUT2D eigenvalue weighted by atomic mass is 16.4. The number of carboxylic acid groups (broad SMARTS) is 1. The monoisotopic (exact) mass is 419 g/mol. The molecule has 1 heterocycles. The van der Waals surface area contributed by atoms with E-state index in [-0.39, 0.29) is 53.1 Å². The minimum Gasteiger partial charge on any atom is -0.478 e. The molecule has 7 N–H and O–H groups in total. The standard InChI is InChI=1S/C21H33N5O4/c1-12(2)8-14(25-20(28)18(22)13-6-4-3-5-7-13)9-17(27)26-16-11-24-10-15(19(16)23)21(29)30/h10-14,18H,3-9,22H2,1-2H3,(H2,23,24)(H,25,28)(H,26,27)(H,29,30)/t14-,18-/m0/s1. The molecule has 0 saturated heterocycles. The molecule has 0 unspecified atom stereocenters. The summed E-state index contributed by atoms with van der Waals surface area (Å²) in [7, 11) is 0. The first-order valence-electron chi connectivity index (χ1n) is 10.5. The summed E-state index contributed by atoms with van der Waals surface area (Å²) in [5, 5.41) is 14.7. The smallest absolute Gasteiger partial charge is 0.339 e. The molecular weight excluding hydrogens is 386 g/mol. The Morgan fingerprint density at radius 3 is 2.47 bits per heavy atom. The number of carboxylic acids is 1. The number of carbonyl (C=O) groups is 3. The fourth-order valence-electron chi connectivity index (χ4n) is 3.93. The van der Waals surface area contributed by atoms with Gasteiger partial charge in [-0.25, -0.2) is 4.79 Å². The third-order valence-corrected chi connectivity index (χ3v) is 5.49. The van der Waals surface area contributed by atoms with Crippen LogP contribution in [-0.4, -0.2) is 40.0 Å². The van der Waals surface area contributed by atoms with Crippen molar-refractivity contribution in [1.82, 2.24) is 10.3 Å². The summed E-state index contributed by atoms with van der Waals surface area (Å²) in [4.78, 5) is 40.2. The maximum absolute atomic E-state index is 12.7. The van der Waals surface area contributed by atoms with Crippen LogP contribution in [0.4, 0.5) is 11.4 Å². The van der Waals surface area contributed by atoms with Gasteiger partial charge in [0.2, 0.25) is 11.8 Å². The molecule has 0 spiro atoms. The summed E-state index contributed by atoms with van der Waals surface area (Å²) in [5.41, 5.74) is 11.9. The van der Waals surface area contributed by atoms with Crippen LogP contribution in [0, 0.1) is 11.8 Å². The van der Waals surface area contributed by atoms with Gasteiger partial charge < -0.3 is 27.2 Å². The third kappa shape index (κ3) is 6.69. The third-order valence-electron chi connectivity index (χ3n) is 5.49. The molecule has 1 aromatic rings. The first-order valence-corrected chi connectivity index (χ1v) is 10.5. The second-order valence-electron chi connectivity index (χ2n) is 8.46. The summed E-state index contributed by atoms with van der Waals surface area (Å²) in [6.07, 6.45) is 8.34. The van der Waals surface area contributed by atoms with Crippen LogP contribution in [0.1, 0.15) is 69.2 Å². The number of carbonyl (C=O) groups excluding carboxylic acids is 2. The highest BCUT2D eigenvalue weighted by Crippen LogP contribution is 2.26. The Bertz CT molecular complexity index is 762. The van der Waals surface area contributed by atoms with Crippen molar-refractivity contribution in [1.29, 1.82) is 0 Å². The van der Waals surface area contributed by atoms with Crippen LogP contribution in [0.25, 0.3) is 0 Å². The molecule has 1 aliphatic rings. The van der Waals surface area contributed by atoms with Crippen molar-refractivity contribution in [2.75, 3.05) is 11.1 Å². The van der Waals surface area contributed by atoms with E-state index in [4.69, 9.17) is 16.6 Å². The van der Waals surface area contributed by atoms with E-state index >= 15 is 0 Å². The molecule has 1 saturated carbocycles. The highest BCUT2D eigenvalue weighted by molar-refractivity contribution is 6.01. The van der Waals surface area contributed by atoms with Crippen molar-refractivity contribution >= 4 is 29.2 Å². The van der Waals surface area contributed by atoms with Gasteiger partial charge in [-0.3, -0.25) is 14.6 Å². The zero-order valence-corrected chi connectivity index (χ0v) is 17.7. The number of pyridine rings is 1. The fourth-order valence-corrected chi connectivity index (χ4v) is 3.93. The van der Waals surface area contributed by atoms with Crippen LogP contribution < -0.4 is 22.1 Å². The van der Waals surface area contributed by atoms with Crippen LogP contribution in [0.2, 0.25) is 0 Å². The van der Waals surface area contributed by atoms with Gasteiger partial charge in [0.1, 0.15) is 5.56 Å². The summed E-state index contributed by atoms with van der Waals surface area (Å²) in [6.45, 7) is 4.02. The Labute approximate surface area is 177 Å². The number of hydrogen-bond donors (Lipinski definition) is 5. The van der Waals surface area contributed by atoms with Crippen LogP contribution in [-0.2, 0) is 9.59 Å². The molecule has 2 rings (SSSR count). The van der Waals surface area contributed by atoms with Gasteiger partial charge in [0, 0.05) is 18.7 Å². The van der Waals surface area contributed by atoms with E-state index in [2.05, 4.69) is 15.6 Å². The van der Waals surface area contributed by atoms with Gasteiger partial charge in [0.15, 0.2) is 0 Å². The normalized spacial score (nSPS) is 16.7. The Morgan fingerprint density at radius 2 is 1.87 bits per heavy atom. The Morgan fingerprint density at radius 1 is 1.20 bits per heavy atom. The van der Waals surface area contributed by atoms with Crippen molar-refractivity contribution in [3.8, 4) is 0 Å². The molecule has 9 heteroatoms. The van der Waals surface area contributed by atoms with E-state index in [0.717, 1.165) is 31.9 Å². The number of aromatic nitrogens is 1. The van der Waals surface area contributed by atoms with Gasteiger partial charge in [0.05, 0.1) is 23.6 Å². The lowest BCUT2D eigenvalue weighted by Crippen LogP contribution is -2.50. The lowest BCUT2D eigenvalue weighted by Gasteiger charge is -2.29. The fraction of sp³-hybridized carbons (Fsp3) is 0.619. The largest absolute Gasteiger partial charge is 0.478 e. The first kappa shape index (κ1) is 23.6. The molecule has 0 bridgehead atoms. The molecule has 0 radical (unpaired) electrons. The van der Waals surface area contributed by atoms with Gasteiger partial charge in [-0.1, -0.05) is 33.1 Å². The number of aromatic carboxylic acids is 1. The van der Waals surface area contributed by atoms with Crippen LogP contribution in [0.3, 0.4) is 0 Å². The second-order valence-corrected chi connectivity index (χ2v) is 8.46. The van der Waals surface area contributed by atoms with E-state index in [0.29, 0.717) is 6.42 Å². The maximum Gasteiger partial charge on any atom is 0.339 e. The molecule has 9 nitrogen and oxygen atoms in total. The SMILES string of the molecule is CC(C)C[C@@H](CC(=O)Nc1cncc(C(=O)O)c1N)NC(=O)[C@@H](N)C1CCCCC1. The number of hydrogen-bond acceptors (Lipinski definition) is 6. The van der Waals surface area contributed by atoms with E-state index < -0.39 is 12.0 Å². The van der Waals surface area contributed by atoms with E-state index in [9.17, 15) is 14.4 Å². The summed E-state index contributed by atoms with van der Waals surface area (Å²) in [6, 6.07) is -0.959. The van der Waals surface area contributed by atoms with Gasteiger partial charge in [-0.2, -0.15) is 0 Å². The van der Waals surface area contributed by atoms with E-state index in [1.165, 1.54) is 12.6 Å². The second kappa shape index (κ2) is 10.9. The average Bonchev–Trinajstić information content (AvgIpc) is 2.68. The Balaban J connectivity index is 2.01. The average molecular weight is 420 g/mol. The first-order chi connectivity index (χ1) is 14.2. The molecule has 0 aliphatic heterocycles. The molecule has 1 fully saturated rings. The number of nitrogens with one attached hydrogen (secondary N) is 2. The molecule has 30 heavy (non-hydrogen) atoms. The van der Waals surface area contributed by atoms with Crippen LogP contribution in [0.15, 0.2) is 12.4 Å². The van der Waals surface area contributed by atoms with Crippen molar-refractivity contribution in [3.63, 3.8) is 0 Å². The lowest BCUT2D eigenvalue weighted by atomic mass is 9.84. The number of rotatable bonds is 9. The van der Waals surface area contributed by atoms with Crippen LogP contribution >= 0.6 is 0 Å². The maximum atomic E-state index is 12.7. The Kier molecular flexibility index (Phi) is 8.58. The Hall–Kier alpha value is -2.68. The van der Waals surface area contributed by atoms with Gasteiger partial charge in [-0.05, 0) is 31.1 Å². The predicted molar refractivity (Wildman–Crippen MR) is 115 cm³/mol. The number of nitrogens with two attached hydrogens (primary N) is 2. The minimum atomic E-state index is -1.22. The molecule has 1 aliphatic carbocycles. The van der Waals surface area contributed by atoms with Crippen molar-refractivity contribution in [3.05, 3.63) is 18.0 Å². The van der Waals surface area contributed by atoms with Crippen LogP contribution in [0.5, 0.6) is 0 Å². The molecule has 2 atom stereocenters. The number of nitrogen functional groups attached to an aromatic ring is 1. The predicted octanol–water partition coefficient (Wildman–Crippen LogP) is 2.13. The quantitative estimate of drug-likeness (QED) is 0.409. The van der Waals surface area contributed by atoms with Crippen molar-refractivity contribution in [2.45, 2.75) is 70.9 Å². The zero-order chi connectivity index (χ0) is 22.3. The topological polar surface area (TPSA) is 160 Å². The summed E-state index contributed by atoms with van der Waals surface area (Å²) >= 11 is 0. The highest BCUT2D eigenvalue weighted by Gasteiger charge is 2.28. The molecule has 1 aromatic heterocycles. The molecule has 166 valence electrons. The van der Waals surface area contributed by atoms with Gasteiger partial charge >= 0.3 is 5.97 Å². The van der Waals surface area contributed by atoms with Crippen molar-refractivity contribution in [2.24, 2.45) is 17.6 Å². The number of anilines is 2.